The van der Waals surface area contributed by atoms with Gasteiger partial charge in [0.25, 0.3) is 0 Å². The second-order valence-corrected chi connectivity index (χ2v) is 10.2. The van der Waals surface area contributed by atoms with E-state index in [1.807, 2.05) is 102 Å². The summed E-state index contributed by atoms with van der Waals surface area (Å²) in [5, 5.41) is 11.2. The van der Waals surface area contributed by atoms with Crippen molar-refractivity contribution in [2.45, 2.75) is 0 Å². The molecule has 0 atom stereocenters. The van der Waals surface area contributed by atoms with Gasteiger partial charge in [0, 0.05) is 34.4 Å². The van der Waals surface area contributed by atoms with Gasteiger partial charge in [0.05, 0.1) is 22.7 Å². The number of hydrogen-bond acceptors (Lipinski definition) is 7. The molecule has 0 fully saturated rings. The van der Waals surface area contributed by atoms with Gasteiger partial charge in [-0.15, -0.1) is 0 Å². The van der Waals surface area contributed by atoms with Crippen LogP contribution in [0.4, 0.5) is 34.4 Å². The van der Waals surface area contributed by atoms with Crippen molar-refractivity contribution in [1.29, 1.82) is 0 Å². The van der Waals surface area contributed by atoms with Gasteiger partial charge in [0.15, 0.2) is 0 Å². The van der Waals surface area contributed by atoms with Crippen LogP contribution in [-0.4, -0.2) is 27.4 Å². The van der Waals surface area contributed by atoms with Crippen LogP contribution in [-0.2, 0) is 0 Å². The van der Waals surface area contributed by atoms with E-state index >= 15 is 0 Å². The largest absolute Gasteiger partial charge is 0.480 e. The highest BCUT2D eigenvalue weighted by Crippen LogP contribution is 2.43. The zero-order valence-electron chi connectivity index (χ0n) is 23.3. The van der Waals surface area contributed by atoms with E-state index in [0.717, 1.165) is 39.3 Å². The number of nitrogens with zero attached hydrogens (tertiary/aromatic N) is 6. The molecule has 4 heterocycles. The quantitative estimate of drug-likeness (QED) is 0.227. The Balaban J connectivity index is 1.14. The minimum Gasteiger partial charge on any atom is -0.480 e. The monoisotopic (exact) mass is 572 g/mol. The van der Waals surface area contributed by atoms with Crippen LogP contribution in [0.25, 0.3) is 22.3 Å². The average Bonchev–Trinajstić information content (AvgIpc) is 3.31. The Kier molecular flexibility index (Phi) is 6.08. The van der Waals surface area contributed by atoms with Crippen LogP contribution in [0.2, 0.25) is 0 Å². The number of fused-ring (bicyclic) bond motifs is 6. The maximum Gasteiger partial charge on any atom is 0.300 e. The van der Waals surface area contributed by atoms with Crippen LogP contribution < -0.4 is 14.5 Å². The van der Waals surface area contributed by atoms with E-state index < -0.39 is 0 Å². The molecule has 0 aliphatic carbocycles. The van der Waals surface area contributed by atoms with Crippen molar-refractivity contribution in [2.24, 2.45) is 9.98 Å². The number of hydrogen-bond donors (Lipinski definition) is 1. The standard InChI is InChI=1S/C36H24N6O2/c43-36-38-29-16-6-2-12-25(29)27-14-4-8-18-31(27)42(36)33-20-10-22-35(40-33)44-34-21-9-19-32(39-34)41-23-37-28-15-5-1-11-24(28)26-13-3-7-17-30(26)41/h1-23H,(H,38,43). The van der Waals surface area contributed by atoms with Crippen molar-refractivity contribution in [1.82, 2.24) is 9.97 Å². The number of aliphatic imine (C=N–C) groups is 2. The number of anilines is 4. The van der Waals surface area contributed by atoms with Crippen molar-refractivity contribution in [3.05, 3.63) is 133 Å². The topological polar surface area (TPSA) is 86.4 Å². The first-order chi connectivity index (χ1) is 21.7. The molecule has 0 radical (unpaired) electrons. The molecular weight excluding hydrogens is 548 g/mol. The number of aliphatic hydroxyl groups excluding tert-OH is 1. The van der Waals surface area contributed by atoms with Crippen molar-refractivity contribution in [2.75, 3.05) is 9.80 Å². The molecule has 0 amide bonds. The van der Waals surface area contributed by atoms with Crippen LogP contribution in [0.5, 0.6) is 11.8 Å². The molecule has 2 aromatic heterocycles. The molecule has 8 heteroatoms. The predicted molar refractivity (Wildman–Crippen MR) is 174 cm³/mol. The minimum absolute atomic E-state index is 0.188. The third-order valence-corrected chi connectivity index (χ3v) is 7.53. The molecule has 44 heavy (non-hydrogen) atoms. The second kappa shape index (κ2) is 10.5. The highest BCUT2D eigenvalue weighted by molar-refractivity contribution is 6.06. The van der Waals surface area contributed by atoms with Gasteiger partial charge >= 0.3 is 6.02 Å². The third-order valence-electron chi connectivity index (χ3n) is 7.53. The Morgan fingerprint density at radius 1 is 0.500 bits per heavy atom. The number of ether oxygens (including phenoxy) is 1. The summed E-state index contributed by atoms with van der Waals surface area (Å²) >= 11 is 0. The van der Waals surface area contributed by atoms with Gasteiger partial charge in [-0.3, -0.25) is 4.90 Å². The van der Waals surface area contributed by atoms with Crippen LogP contribution >= 0.6 is 0 Å². The summed E-state index contributed by atoms with van der Waals surface area (Å²) in [5.74, 6) is 1.77. The van der Waals surface area contributed by atoms with Gasteiger partial charge < -0.3 is 9.84 Å². The highest BCUT2D eigenvalue weighted by Gasteiger charge is 2.25. The van der Waals surface area contributed by atoms with Gasteiger partial charge in [0.1, 0.15) is 18.0 Å². The Bertz CT molecular complexity index is 2110. The summed E-state index contributed by atoms with van der Waals surface area (Å²) in [6, 6.07) is 42.6. The normalized spacial score (nSPS) is 13.0. The van der Waals surface area contributed by atoms with E-state index in [1.165, 1.54) is 0 Å². The fraction of sp³-hybridized carbons (Fsp3) is 0. The van der Waals surface area contributed by atoms with E-state index in [0.29, 0.717) is 29.1 Å². The molecule has 2 aliphatic heterocycles. The predicted octanol–water partition coefficient (Wildman–Crippen LogP) is 9.11. The van der Waals surface area contributed by atoms with Gasteiger partial charge in [-0.05, 0) is 36.4 Å². The van der Waals surface area contributed by atoms with E-state index in [-0.39, 0.29) is 6.02 Å². The maximum atomic E-state index is 11.2. The number of benzene rings is 4. The zero-order valence-corrected chi connectivity index (χ0v) is 23.3. The Morgan fingerprint density at radius 3 is 1.80 bits per heavy atom. The number of para-hydroxylation sites is 4. The number of pyridine rings is 2. The Morgan fingerprint density at radius 2 is 1.05 bits per heavy atom. The maximum absolute atomic E-state index is 11.2. The van der Waals surface area contributed by atoms with E-state index in [9.17, 15) is 5.11 Å². The molecule has 210 valence electrons. The molecule has 8 nitrogen and oxygen atoms in total. The number of rotatable bonds is 4. The van der Waals surface area contributed by atoms with Crippen molar-refractivity contribution < 1.29 is 9.84 Å². The second-order valence-electron chi connectivity index (χ2n) is 10.2. The molecule has 0 saturated heterocycles. The number of aromatic nitrogens is 2. The lowest BCUT2D eigenvalue weighted by Crippen LogP contribution is -2.26. The lowest BCUT2D eigenvalue weighted by Gasteiger charge is -2.22. The number of aliphatic hydroxyl groups is 1. The molecule has 6 aromatic rings. The highest BCUT2D eigenvalue weighted by atomic mass is 16.5. The molecule has 0 saturated carbocycles. The van der Waals surface area contributed by atoms with Gasteiger partial charge in [-0.2, -0.15) is 15.0 Å². The molecule has 4 aromatic carbocycles. The first kappa shape index (κ1) is 25.4. The first-order valence-corrected chi connectivity index (χ1v) is 14.1. The van der Waals surface area contributed by atoms with Crippen molar-refractivity contribution in [3.63, 3.8) is 0 Å². The van der Waals surface area contributed by atoms with Crippen molar-refractivity contribution in [3.8, 4) is 34.0 Å². The minimum atomic E-state index is -0.188. The van der Waals surface area contributed by atoms with Crippen LogP contribution in [0.1, 0.15) is 0 Å². The summed E-state index contributed by atoms with van der Waals surface area (Å²) < 4.78 is 6.20. The fourth-order valence-corrected chi connectivity index (χ4v) is 5.56. The average molecular weight is 573 g/mol. The molecular formula is C36H24N6O2. The first-order valence-electron chi connectivity index (χ1n) is 14.1. The molecule has 8 rings (SSSR count). The molecule has 0 bridgehead atoms. The number of amidine groups is 1. The smallest absolute Gasteiger partial charge is 0.300 e. The van der Waals surface area contributed by atoms with Crippen molar-refractivity contribution >= 4 is 46.7 Å². The molecule has 2 aliphatic rings. The Hall–Kier alpha value is -6.28. The Labute approximate surface area is 253 Å². The summed E-state index contributed by atoms with van der Waals surface area (Å²) in [6.07, 6.45) is 1.78. The van der Waals surface area contributed by atoms with E-state index in [1.54, 1.807) is 29.4 Å². The molecule has 0 spiro atoms. The van der Waals surface area contributed by atoms with Crippen LogP contribution in [0.15, 0.2) is 143 Å². The lowest BCUT2D eigenvalue weighted by molar-refractivity contribution is 0.445. The fourth-order valence-electron chi connectivity index (χ4n) is 5.56. The third kappa shape index (κ3) is 4.42. The van der Waals surface area contributed by atoms with Crippen LogP contribution in [0, 0.1) is 0 Å². The summed E-state index contributed by atoms with van der Waals surface area (Å²) in [4.78, 5) is 22.4. The SMILES string of the molecule is OC1=Nc2ccccc2-c2ccccc2N1c1cccc(Oc2cccc(N3C=Nc4ccccc4-c4ccccc43)n2)n1. The van der Waals surface area contributed by atoms with E-state index in [4.69, 9.17) is 19.7 Å². The lowest BCUT2D eigenvalue weighted by atomic mass is 10.0. The summed E-state index contributed by atoms with van der Waals surface area (Å²) in [7, 11) is 0. The van der Waals surface area contributed by atoms with Gasteiger partial charge in [-0.25, -0.2) is 9.89 Å². The molecule has 1 N–H and O–H groups in total. The summed E-state index contributed by atoms with van der Waals surface area (Å²) in [5.41, 5.74) is 7.25. The van der Waals surface area contributed by atoms with Gasteiger partial charge in [-0.1, -0.05) is 84.9 Å². The molecule has 0 unspecified atom stereocenters. The van der Waals surface area contributed by atoms with Crippen LogP contribution in [0.3, 0.4) is 0 Å². The van der Waals surface area contributed by atoms with E-state index in [2.05, 4.69) is 23.2 Å². The zero-order chi connectivity index (χ0) is 29.5. The summed E-state index contributed by atoms with van der Waals surface area (Å²) in [6.45, 7) is 0. The van der Waals surface area contributed by atoms with Gasteiger partial charge in [0.2, 0.25) is 11.8 Å².